The van der Waals surface area contributed by atoms with Gasteiger partial charge in [0.1, 0.15) is 0 Å². The minimum absolute atomic E-state index is 0.0625. The number of methoxy groups -OCH3 is 1. The predicted molar refractivity (Wildman–Crippen MR) is 70.3 cm³/mol. The summed E-state index contributed by atoms with van der Waals surface area (Å²) in [5.74, 6) is -0.0427. The lowest BCUT2D eigenvalue weighted by molar-refractivity contribution is 0.203. The number of rotatable bonds is 4. The van der Waals surface area contributed by atoms with Gasteiger partial charge in [-0.05, 0) is 17.7 Å². The fourth-order valence-electron chi connectivity index (χ4n) is 2.32. The van der Waals surface area contributed by atoms with E-state index >= 15 is 0 Å². The number of nitrogens with zero attached hydrogens (tertiary/aromatic N) is 1. The molecule has 18 heavy (non-hydrogen) atoms. The van der Waals surface area contributed by atoms with Crippen molar-refractivity contribution in [2.75, 3.05) is 33.3 Å². The van der Waals surface area contributed by atoms with E-state index < -0.39 is 0 Å². The van der Waals surface area contributed by atoms with Crippen molar-refractivity contribution in [2.45, 2.75) is 6.04 Å². The smallest absolute Gasteiger partial charge is 0.165 e. The second-order valence-electron chi connectivity index (χ2n) is 4.36. The van der Waals surface area contributed by atoms with Crippen LogP contribution in [0.2, 0.25) is 0 Å². The molecule has 1 fully saturated rings. The molecule has 0 aliphatic carbocycles. The van der Waals surface area contributed by atoms with Crippen LogP contribution in [0.1, 0.15) is 11.6 Å². The van der Waals surface area contributed by atoms with Crippen LogP contribution in [0, 0.1) is 5.82 Å². The SMILES string of the molecule is C=C[C@H](c1ccc(OC)c(F)c1)N1CCNCC1. The van der Waals surface area contributed by atoms with Gasteiger partial charge in [-0.1, -0.05) is 12.1 Å². The molecule has 98 valence electrons. The second kappa shape index (κ2) is 5.98. The van der Waals surface area contributed by atoms with Crippen molar-refractivity contribution in [3.05, 3.63) is 42.2 Å². The fraction of sp³-hybridized carbons (Fsp3) is 0.429. The molecule has 1 atom stereocenters. The van der Waals surface area contributed by atoms with Crippen molar-refractivity contribution in [3.63, 3.8) is 0 Å². The van der Waals surface area contributed by atoms with E-state index in [4.69, 9.17) is 4.74 Å². The Bertz CT molecular complexity index is 416. The fourth-order valence-corrected chi connectivity index (χ4v) is 2.32. The molecule has 0 aromatic heterocycles. The van der Waals surface area contributed by atoms with Crippen molar-refractivity contribution in [1.82, 2.24) is 10.2 Å². The summed E-state index contributed by atoms with van der Waals surface area (Å²) < 4.78 is 18.7. The molecule has 0 bridgehead atoms. The van der Waals surface area contributed by atoms with E-state index in [1.807, 2.05) is 12.1 Å². The van der Waals surface area contributed by atoms with E-state index in [1.54, 1.807) is 6.07 Å². The number of benzene rings is 1. The minimum Gasteiger partial charge on any atom is -0.494 e. The topological polar surface area (TPSA) is 24.5 Å². The van der Waals surface area contributed by atoms with Gasteiger partial charge >= 0.3 is 0 Å². The third-order valence-corrected chi connectivity index (χ3v) is 3.29. The van der Waals surface area contributed by atoms with E-state index in [2.05, 4.69) is 16.8 Å². The number of piperazine rings is 1. The quantitative estimate of drug-likeness (QED) is 0.827. The molecule has 2 rings (SSSR count). The first-order valence-corrected chi connectivity index (χ1v) is 6.17. The third kappa shape index (κ3) is 2.71. The van der Waals surface area contributed by atoms with Crippen LogP contribution in [0.25, 0.3) is 0 Å². The highest BCUT2D eigenvalue weighted by Gasteiger charge is 2.20. The van der Waals surface area contributed by atoms with Crippen molar-refractivity contribution in [2.24, 2.45) is 0 Å². The first-order chi connectivity index (χ1) is 8.76. The molecule has 1 heterocycles. The maximum atomic E-state index is 13.7. The highest BCUT2D eigenvalue weighted by Crippen LogP contribution is 2.26. The van der Waals surface area contributed by atoms with Crippen LogP contribution in [0.5, 0.6) is 5.75 Å². The summed E-state index contributed by atoms with van der Waals surface area (Å²) in [5.41, 5.74) is 0.921. The molecule has 0 spiro atoms. The summed E-state index contributed by atoms with van der Waals surface area (Å²) >= 11 is 0. The monoisotopic (exact) mass is 250 g/mol. The maximum Gasteiger partial charge on any atom is 0.165 e. The molecule has 1 aromatic carbocycles. The van der Waals surface area contributed by atoms with Crippen molar-refractivity contribution >= 4 is 0 Å². The van der Waals surface area contributed by atoms with Gasteiger partial charge in [0.25, 0.3) is 0 Å². The van der Waals surface area contributed by atoms with Gasteiger partial charge in [-0.25, -0.2) is 4.39 Å². The van der Waals surface area contributed by atoms with E-state index in [1.165, 1.54) is 13.2 Å². The van der Waals surface area contributed by atoms with E-state index in [0.29, 0.717) is 0 Å². The lowest BCUT2D eigenvalue weighted by atomic mass is 10.0. The first kappa shape index (κ1) is 13.1. The summed E-state index contributed by atoms with van der Waals surface area (Å²) in [5, 5.41) is 3.30. The molecule has 0 amide bonds. The molecule has 0 unspecified atom stereocenters. The van der Waals surface area contributed by atoms with Crippen LogP contribution in [0.15, 0.2) is 30.9 Å². The molecule has 0 radical (unpaired) electrons. The molecule has 1 aliphatic rings. The number of hydrogen-bond acceptors (Lipinski definition) is 3. The second-order valence-corrected chi connectivity index (χ2v) is 4.36. The highest BCUT2D eigenvalue weighted by molar-refractivity contribution is 5.32. The summed E-state index contributed by atoms with van der Waals surface area (Å²) in [4.78, 5) is 2.30. The number of nitrogens with one attached hydrogen (secondary N) is 1. The average molecular weight is 250 g/mol. The van der Waals surface area contributed by atoms with Crippen LogP contribution >= 0.6 is 0 Å². The van der Waals surface area contributed by atoms with Crippen LogP contribution in [0.3, 0.4) is 0 Å². The molecular weight excluding hydrogens is 231 g/mol. The Morgan fingerprint density at radius 3 is 2.72 bits per heavy atom. The van der Waals surface area contributed by atoms with Crippen LogP contribution in [0.4, 0.5) is 4.39 Å². The van der Waals surface area contributed by atoms with Crippen molar-refractivity contribution in [1.29, 1.82) is 0 Å². The molecule has 1 aromatic rings. The molecular formula is C14H19FN2O. The molecule has 4 heteroatoms. The van der Waals surface area contributed by atoms with Crippen molar-refractivity contribution in [3.8, 4) is 5.75 Å². The van der Waals surface area contributed by atoms with Gasteiger partial charge in [0.05, 0.1) is 13.2 Å². The molecule has 1 N–H and O–H groups in total. The summed E-state index contributed by atoms with van der Waals surface area (Å²) in [6.45, 7) is 7.69. The van der Waals surface area contributed by atoms with Gasteiger partial charge < -0.3 is 10.1 Å². The standard InChI is InChI=1S/C14H19FN2O/c1-3-13(17-8-6-16-7-9-17)11-4-5-14(18-2)12(15)10-11/h3-5,10,13,16H,1,6-9H2,2H3/t13-/m1/s1. The lowest BCUT2D eigenvalue weighted by Gasteiger charge is -2.33. The van der Waals surface area contributed by atoms with Gasteiger partial charge in [0.15, 0.2) is 11.6 Å². The zero-order valence-corrected chi connectivity index (χ0v) is 10.7. The highest BCUT2D eigenvalue weighted by atomic mass is 19.1. The largest absolute Gasteiger partial charge is 0.494 e. The Hall–Kier alpha value is -1.39. The van der Waals surface area contributed by atoms with Crippen LogP contribution in [-0.4, -0.2) is 38.2 Å². The Labute approximate surface area is 107 Å². The van der Waals surface area contributed by atoms with Gasteiger partial charge in [-0.2, -0.15) is 0 Å². The van der Waals surface area contributed by atoms with Crippen molar-refractivity contribution < 1.29 is 9.13 Å². The van der Waals surface area contributed by atoms with E-state index in [0.717, 1.165) is 31.7 Å². The maximum absolute atomic E-state index is 13.7. The number of halogens is 1. The Kier molecular flexibility index (Phi) is 4.33. The minimum atomic E-state index is -0.322. The van der Waals surface area contributed by atoms with Gasteiger partial charge in [0, 0.05) is 26.2 Å². The van der Waals surface area contributed by atoms with Crippen LogP contribution in [-0.2, 0) is 0 Å². The third-order valence-electron chi connectivity index (χ3n) is 3.29. The number of hydrogen-bond donors (Lipinski definition) is 1. The Balaban J connectivity index is 2.21. The van der Waals surface area contributed by atoms with Crippen LogP contribution < -0.4 is 10.1 Å². The van der Waals surface area contributed by atoms with E-state index in [9.17, 15) is 4.39 Å². The predicted octanol–water partition coefficient (Wildman–Crippen LogP) is 1.97. The van der Waals surface area contributed by atoms with Gasteiger partial charge in [-0.3, -0.25) is 4.90 Å². The zero-order chi connectivity index (χ0) is 13.0. The van der Waals surface area contributed by atoms with E-state index in [-0.39, 0.29) is 17.6 Å². The molecule has 1 saturated heterocycles. The normalized spacial score (nSPS) is 18.3. The Morgan fingerprint density at radius 2 is 2.17 bits per heavy atom. The summed E-state index contributed by atoms with van der Waals surface area (Å²) in [6, 6.07) is 5.17. The molecule has 0 saturated carbocycles. The lowest BCUT2D eigenvalue weighted by Crippen LogP contribution is -2.44. The number of ether oxygens (including phenoxy) is 1. The van der Waals surface area contributed by atoms with Gasteiger partial charge in [-0.15, -0.1) is 6.58 Å². The molecule has 3 nitrogen and oxygen atoms in total. The Morgan fingerprint density at radius 1 is 1.44 bits per heavy atom. The summed E-state index contributed by atoms with van der Waals surface area (Å²) in [7, 11) is 1.47. The summed E-state index contributed by atoms with van der Waals surface area (Å²) in [6.07, 6.45) is 1.87. The molecule has 1 aliphatic heterocycles. The zero-order valence-electron chi connectivity index (χ0n) is 10.7. The van der Waals surface area contributed by atoms with Gasteiger partial charge in [0.2, 0.25) is 0 Å². The first-order valence-electron chi connectivity index (χ1n) is 6.17. The average Bonchev–Trinajstić information content (AvgIpc) is 2.41.